The molecule has 0 saturated heterocycles. The molecule has 2 rings (SSSR count). The number of aryl methyl sites for hydroxylation is 1. The van der Waals surface area contributed by atoms with Crippen molar-refractivity contribution in [2.24, 2.45) is 0 Å². The van der Waals surface area contributed by atoms with Crippen LogP contribution in [0.1, 0.15) is 23.0 Å². The van der Waals surface area contributed by atoms with Crippen molar-refractivity contribution >= 4 is 22.6 Å². The van der Waals surface area contributed by atoms with Crippen molar-refractivity contribution in [3.63, 3.8) is 0 Å². The minimum atomic E-state index is 0.299. The average molecular weight is 341 g/mol. The molecule has 2 aromatic rings. The number of imidazole rings is 1. The number of hydrogen-bond acceptors (Lipinski definition) is 2. The standard InChI is InChI=1S/C13H16IN3/c1-9-4-3-5-10(13(9)14)11(15-2)8-12-16-6-7-17-12/h3-7,11,15H,8H2,1-2H3,(H,16,17). The lowest BCUT2D eigenvalue weighted by atomic mass is 10.0. The first-order valence-electron chi connectivity index (χ1n) is 5.63. The van der Waals surface area contributed by atoms with E-state index < -0.39 is 0 Å². The molecule has 0 aliphatic heterocycles. The van der Waals surface area contributed by atoms with Crippen LogP contribution in [0.3, 0.4) is 0 Å². The molecule has 0 aliphatic rings. The largest absolute Gasteiger partial charge is 0.349 e. The molecule has 1 heterocycles. The molecule has 4 heteroatoms. The molecule has 1 unspecified atom stereocenters. The van der Waals surface area contributed by atoms with Crippen LogP contribution in [0, 0.1) is 10.5 Å². The van der Waals surface area contributed by atoms with Crippen molar-refractivity contribution in [1.82, 2.24) is 15.3 Å². The fourth-order valence-corrected chi connectivity index (χ4v) is 2.65. The summed E-state index contributed by atoms with van der Waals surface area (Å²) in [4.78, 5) is 7.44. The Morgan fingerprint density at radius 1 is 1.47 bits per heavy atom. The molecule has 0 amide bonds. The van der Waals surface area contributed by atoms with Gasteiger partial charge in [-0.05, 0) is 47.7 Å². The zero-order valence-electron chi connectivity index (χ0n) is 10.00. The summed E-state index contributed by atoms with van der Waals surface area (Å²) in [5, 5.41) is 3.36. The van der Waals surface area contributed by atoms with Crippen LogP contribution < -0.4 is 5.32 Å². The minimum absolute atomic E-state index is 0.299. The molecule has 0 bridgehead atoms. The molecule has 1 aromatic heterocycles. The number of likely N-dealkylation sites (N-methyl/N-ethyl adjacent to an activating group) is 1. The summed E-state index contributed by atoms with van der Waals surface area (Å²) in [5.74, 6) is 1.02. The van der Waals surface area contributed by atoms with Crippen LogP contribution in [0.4, 0.5) is 0 Å². The molecule has 1 aromatic carbocycles. The maximum atomic E-state index is 4.28. The second kappa shape index (κ2) is 5.64. The van der Waals surface area contributed by atoms with E-state index in [9.17, 15) is 0 Å². The molecule has 0 saturated carbocycles. The maximum absolute atomic E-state index is 4.28. The fraction of sp³-hybridized carbons (Fsp3) is 0.308. The van der Waals surface area contributed by atoms with Crippen molar-refractivity contribution < 1.29 is 0 Å². The molecule has 17 heavy (non-hydrogen) atoms. The molecular formula is C13H16IN3. The van der Waals surface area contributed by atoms with E-state index in [1.165, 1.54) is 14.7 Å². The highest BCUT2D eigenvalue weighted by Crippen LogP contribution is 2.24. The zero-order valence-corrected chi connectivity index (χ0v) is 12.2. The van der Waals surface area contributed by atoms with E-state index in [1.54, 1.807) is 6.20 Å². The van der Waals surface area contributed by atoms with Gasteiger partial charge in [-0.25, -0.2) is 4.98 Å². The second-order valence-corrected chi connectivity index (χ2v) is 5.14. The van der Waals surface area contributed by atoms with Gasteiger partial charge in [-0.15, -0.1) is 0 Å². The van der Waals surface area contributed by atoms with E-state index in [2.05, 4.69) is 63.0 Å². The Bertz CT molecular complexity index is 479. The number of nitrogens with one attached hydrogen (secondary N) is 2. The third kappa shape index (κ3) is 2.87. The van der Waals surface area contributed by atoms with Gasteiger partial charge in [0.1, 0.15) is 5.82 Å². The number of aromatic amines is 1. The van der Waals surface area contributed by atoms with Gasteiger partial charge < -0.3 is 10.3 Å². The SMILES string of the molecule is CNC(Cc1ncc[nH]1)c1cccc(C)c1I. The lowest BCUT2D eigenvalue weighted by molar-refractivity contribution is 0.575. The van der Waals surface area contributed by atoms with Crippen molar-refractivity contribution in [3.8, 4) is 0 Å². The molecule has 0 spiro atoms. The van der Waals surface area contributed by atoms with Gasteiger partial charge in [0.15, 0.2) is 0 Å². The van der Waals surface area contributed by atoms with Gasteiger partial charge >= 0.3 is 0 Å². The number of benzene rings is 1. The van der Waals surface area contributed by atoms with Crippen molar-refractivity contribution in [3.05, 3.63) is 51.1 Å². The van der Waals surface area contributed by atoms with Crippen LogP contribution in [-0.2, 0) is 6.42 Å². The maximum Gasteiger partial charge on any atom is 0.107 e. The quantitative estimate of drug-likeness (QED) is 0.840. The summed E-state index contributed by atoms with van der Waals surface area (Å²) < 4.78 is 1.33. The van der Waals surface area contributed by atoms with Gasteiger partial charge in [0, 0.05) is 28.4 Å². The lowest BCUT2D eigenvalue weighted by Crippen LogP contribution is -2.20. The van der Waals surface area contributed by atoms with E-state index in [0.717, 1.165) is 12.2 Å². The highest BCUT2D eigenvalue weighted by atomic mass is 127. The van der Waals surface area contributed by atoms with Crippen LogP contribution in [0.25, 0.3) is 0 Å². The van der Waals surface area contributed by atoms with Crippen molar-refractivity contribution in [2.75, 3.05) is 7.05 Å². The van der Waals surface area contributed by atoms with Crippen LogP contribution in [-0.4, -0.2) is 17.0 Å². The van der Waals surface area contributed by atoms with E-state index in [4.69, 9.17) is 0 Å². The third-order valence-electron chi connectivity index (χ3n) is 2.90. The molecule has 0 fully saturated rings. The highest BCUT2D eigenvalue weighted by Gasteiger charge is 2.15. The summed E-state index contributed by atoms with van der Waals surface area (Å²) >= 11 is 2.41. The summed E-state index contributed by atoms with van der Waals surface area (Å²) in [6.07, 6.45) is 4.54. The lowest BCUT2D eigenvalue weighted by Gasteiger charge is -2.18. The first-order chi connectivity index (χ1) is 8.22. The molecule has 0 aliphatic carbocycles. The average Bonchev–Trinajstić information content (AvgIpc) is 2.83. The highest BCUT2D eigenvalue weighted by molar-refractivity contribution is 14.1. The van der Waals surface area contributed by atoms with Gasteiger partial charge in [0.05, 0.1) is 0 Å². The molecule has 2 N–H and O–H groups in total. The summed E-state index contributed by atoms with van der Waals surface area (Å²) in [5.41, 5.74) is 2.66. The van der Waals surface area contributed by atoms with Crippen LogP contribution >= 0.6 is 22.6 Å². The Hall–Kier alpha value is -0.880. The van der Waals surface area contributed by atoms with E-state index in [0.29, 0.717) is 6.04 Å². The first kappa shape index (κ1) is 12.6. The summed E-state index contributed by atoms with van der Waals surface area (Å²) in [6.45, 7) is 2.14. The summed E-state index contributed by atoms with van der Waals surface area (Å²) in [7, 11) is 1.99. The Labute approximate surface area is 115 Å². The number of rotatable bonds is 4. The van der Waals surface area contributed by atoms with Crippen LogP contribution in [0.2, 0.25) is 0 Å². The van der Waals surface area contributed by atoms with E-state index >= 15 is 0 Å². The van der Waals surface area contributed by atoms with E-state index in [1.807, 2.05) is 13.2 Å². The molecule has 0 radical (unpaired) electrons. The monoisotopic (exact) mass is 341 g/mol. The zero-order chi connectivity index (χ0) is 12.3. The van der Waals surface area contributed by atoms with Crippen molar-refractivity contribution in [2.45, 2.75) is 19.4 Å². The predicted octanol–water partition coefficient (Wildman–Crippen LogP) is 2.83. The summed E-state index contributed by atoms with van der Waals surface area (Å²) in [6, 6.07) is 6.73. The second-order valence-electron chi connectivity index (χ2n) is 4.06. The fourth-order valence-electron chi connectivity index (χ4n) is 1.91. The number of H-pyrrole nitrogens is 1. The Morgan fingerprint density at radius 2 is 2.29 bits per heavy atom. The van der Waals surface area contributed by atoms with Crippen LogP contribution in [0.5, 0.6) is 0 Å². The molecule has 1 atom stereocenters. The molecule has 90 valence electrons. The van der Waals surface area contributed by atoms with Crippen molar-refractivity contribution in [1.29, 1.82) is 0 Å². The van der Waals surface area contributed by atoms with Gasteiger partial charge in [-0.3, -0.25) is 0 Å². The number of hydrogen-bond donors (Lipinski definition) is 2. The number of halogens is 1. The Kier molecular flexibility index (Phi) is 4.17. The Morgan fingerprint density at radius 3 is 2.94 bits per heavy atom. The van der Waals surface area contributed by atoms with Crippen LogP contribution in [0.15, 0.2) is 30.6 Å². The number of aromatic nitrogens is 2. The van der Waals surface area contributed by atoms with Gasteiger partial charge in [-0.1, -0.05) is 18.2 Å². The van der Waals surface area contributed by atoms with Gasteiger partial charge in [-0.2, -0.15) is 0 Å². The molecule has 3 nitrogen and oxygen atoms in total. The minimum Gasteiger partial charge on any atom is -0.349 e. The Balaban J connectivity index is 2.26. The van der Waals surface area contributed by atoms with E-state index in [-0.39, 0.29) is 0 Å². The smallest absolute Gasteiger partial charge is 0.107 e. The number of nitrogens with zero attached hydrogens (tertiary/aromatic N) is 1. The first-order valence-corrected chi connectivity index (χ1v) is 6.70. The predicted molar refractivity (Wildman–Crippen MR) is 78.0 cm³/mol. The topological polar surface area (TPSA) is 40.7 Å². The molecular weight excluding hydrogens is 325 g/mol. The normalized spacial score (nSPS) is 12.6. The third-order valence-corrected chi connectivity index (χ3v) is 4.37. The van der Waals surface area contributed by atoms with Gasteiger partial charge in [0.25, 0.3) is 0 Å². The van der Waals surface area contributed by atoms with Gasteiger partial charge in [0.2, 0.25) is 0 Å².